The lowest BCUT2D eigenvalue weighted by Crippen LogP contribution is -2.17. The molecular weight excluding hydrogens is 362 g/mol. The molecule has 0 aliphatic heterocycles. The standard InChI is InChI=1S/C21H27NO4S/c1-5-17(21(23)26-4)14-16(3)18-10-12-19(13-11-18)27(24,25)22-20-9-7-6-8-15(20)2/h6-13,16-17,22H,5,14H2,1-4H3. The van der Waals surface area contributed by atoms with E-state index in [2.05, 4.69) is 4.72 Å². The number of carbonyl (C=O) groups is 1. The SMILES string of the molecule is CCC(CC(C)c1ccc(S(=O)(=O)Nc2ccccc2C)cc1)C(=O)OC. The number of esters is 1. The van der Waals surface area contributed by atoms with Gasteiger partial charge in [0, 0.05) is 0 Å². The number of ether oxygens (including phenoxy) is 1. The first-order valence-corrected chi connectivity index (χ1v) is 10.5. The van der Waals surface area contributed by atoms with Crippen LogP contribution in [0.15, 0.2) is 53.4 Å². The van der Waals surface area contributed by atoms with Gasteiger partial charge in [0.25, 0.3) is 10.0 Å². The summed E-state index contributed by atoms with van der Waals surface area (Å²) in [6.45, 7) is 5.84. The Labute approximate surface area is 161 Å². The second-order valence-electron chi connectivity index (χ2n) is 6.75. The Balaban J connectivity index is 2.14. The topological polar surface area (TPSA) is 72.5 Å². The van der Waals surface area contributed by atoms with Crippen molar-refractivity contribution in [1.29, 1.82) is 0 Å². The smallest absolute Gasteiger partial charge is 0.308 e. The lowest BCUT2D eigenvalue weighted by molar-refractivity contribution is -0.145. The quantitative estimate of drug-likeness (QED) is 0.675. The van der Waals surface area contributed by atoms with Crippen molar-refractivity contribution in [3.05, 3.63) is 59.7 Å². The summed E-state index contributed by atoms with van der Waals surface area (Å²) < 4.78 is 32.7. The van der Waals surface area contributed by atoms with Crippen LogP contribution >= 0.6 is 0 Å². The van der Waals surface area contributed by atoms with Gasteiger partial charge in [-0.1, -0.05) is 44.2 Å². The van der Waals surface area contributed by atoms with Gasteiger partial charge in [0.1, 0.15) is 0 Å². The predicted molar refractivity (Wildman–Crippen MR) is 107 cm³/mol. The van der Waals surface area contributed by atoms with E-state index < -0.39 is 10.0 Å². The van der Waals surface area contributed by atoms with Crippen molar-refractivity contribution >= 4 is 21.7 Å². The van der Waals surface area contributed by atoms with Crippen molar-refractivity contribution in [2.45, 2.75) is 44.4 Å². The monoisotopic (exact) mass is 389 g/mol. The Hall–Kier alpha value is -2.34. The van der Waals surface area contributed by atoms with Crippen molar-refractivity contribution < 1.29 is 17.9 Å². The highest BCUT2D eigenvalue weighted by molar-refractivity contribution is 7.92. The third kappa shape index (κ3) is 5.32. The van der Waals surface area contributed by atoms with E-state index in [0.717, 1.165) is 11.1 Å². The Morgan fingerprint density at radius 1 is 1.11 bits per heavy atom. The molecule has 0 aliphatic rings. The fourth-order valence-electron chi connectivity index (χ4n) is 3.03. The van der Waals surface area contributed by atoms with Gasteiger partial charge < -0.3 is 4.74 Å². The molecule has 0 aromatic heterocycles. The molecule has 0 saturated carbocycles. The van der Waals surface area contributed by atoms with Crippen LogP contribution in [-0.4, -0.2) is 21.5 Å². The van der Waals surface area contributed by atoms with E-state index in [4.69, 9.17) is 4.74 Å². The van der Waals surface area contributed by atoms with Crippen LogP contribution in [0.3, 0.4) is 0 Å². The number of sulfonamides is 1. The van der Waals surface area contributed by atoms with Gasteiger partial charge in [0.2, 0.25) is 0 Å². The summed E-state index contributed by atoms with van der Waals surface area (Å²) in [4.78, 5) is 12.0. The average molecular weight is 390 g/mol. The molecule has 2 aromatic rings. The number of para-hydroxylation sites is 1. The van der Waals surface area contributed by atoms with Gasteiger partial charge in [-0.15, -0.1) is 0 Å². The van der Waals surface area contributed by atoms with E-state index in [1.165, 1.54) is 7.11 Å². The fourth-order valence-corrected chi connectivity index (χ4v) is 4.16. The van der Waals surface area contributed by atoms with E-state index in [1.807, 2.05) is 32.9 Å². The van der Waals surface area contributed by atoms with E-state index in [1.54, 1.807) is 36.4 Å². The van der Waals surface area contributed by atoms with Crippen LogP contribution in [0.2, 0.25) is 0 Å². The van der Waals surface area contributed by atoms with Gasteiger partial charge >= 0.3 is 5.97 Å². The van der Waals surface area contributed by atoms with Crippen molar-refractivity contribution in [2.24, 2.45) is 5.92 Å². The molecule has 2 unspecified atom stereocenters. The number of nitrogens with one attached hydrogen (secondary N) is 1. The van der Waals surface area contributed by atoms with Gasteiger partial charge in [-0.3, -0.25) is 9.52 Å². The second kappa shape index (κ2) is 9.04. The Morgan fingerprint density at radius 2 is 1.74 bits per heavy atom. The molecular formula is C21H27NO4S. The van der Waals surface area contributed by atoms with Gasteiger partial charge in [-0.25, -0.2) is 8.42 Å². The maximum Gasteiger partial charge on any atom is 0.308 e. The second-order valence-corrected chi connectivity index (χ2v) is 8.44. The Bertz CT molecular complexity index is 875. The van der Waals surface area contributed by atoms with E-state index in [9.17, 15) is 13.2 Å². The highest BCUT2D eigenvalue weighted by Crippen LogP contribution is 2.27. The molecule has 0 bridgehead atoms. The van der Waals surface area contributed by atoms with Gasteiger partial charge in [-0.05, 0) is 55.0 Å². The predicted octanol–water partition coefficient (Wildman–Crippen LogP) is 4.49. The minimum Gasteiger partial charge on any atom is -0.469 e. The largest absolute Gasteiger partial charge is 0.469 e. The normalized spacial score (nSPS) is 13.6. The summed E-state index contributed by atoms with van der Waals surface area (Å²) in [5.41, 5.74) is 2.42. The lowest BCUT2D eigenvalue weighted by atomic mass is 9.89. The number of hydrogen-bond donors (Lipinski definition) is 1. The zero-order valence-corrected chi connectivity index (χ0v) is 17.0. The summed E-state index contributed by atoms with van der Waals surface area (Å²) in [7, 11) is -2.25. The molecule has 0 amide bonds. The molecule has 0 heterocycles. The minimum absolute atomic E-state index is 0.120. The van der Waals surface area contributed by atoms with Gasteiger partial charge in [-0.2, -0.15) is 0 Å². The third-order valence-electron chi connectivity index (χ3n) is 4.81. The molecule has 6 heteroatoms. The number of benzene rings is 2. The van der Waals surface area contributed by atoms with Crippen LogP contribution in [0.4, 0.5) is 5.69 Å². The van der Waals surface area contributed by atoms with E-state index >= 15 is 0 Å². The van der Waals surface area contributed by atoms with Gasteiger partial charge in [0.15, 0.2) is 0 Å². The van der Waals surface area contributed by atoms with Crippen molar-refractivity contribution in [2.75, 3.05) is 11.8 Å². The fraction of sp³-hybridized carbons (Fsp3) is 0.381. The first kappa shape index (κ1) is 21.0. The summed E-state index contributed by atoms with van der Waals surface area (Å²) in [6.07, 6.45) is 1.38. The first-order chi connectivity index (χ1) is 12.8. The van der Waals surface area contributed by atoms with Gasteiger partial charge in [0.05, 0.1) is 23.6 Å². The molecule has 0 spiro atoms. The molecule has 1 N–H and O–H groups in total. The highest BCUT2D eigenvalue weighted by Gasteiger charge is 2.21. The molecule has 0 aliphatic carbocycles. The van der Waals surface area contributed by atoms with Crippen LogP contribution in [0.25, 0.3) is 0 Å². The molecule has 146 valence electrons. The summed E-state index contributed by atoms with van der Waals surface area (Å²) in [6, 6.07) is 14.1. The zero-order valence-electron chi connectivity index (χ0n) is 16.2. The molecule has 0 fully saturated rings. The number of methoxy groups -OCH3 is 1. The summed E-state index contributed by atoms with van der Waals surface area (Å²) in [5.74, 6) is -0.239. The van der Waals surface area contributed by atoms with E-state index in [0.29, 0.717) is 18.5 Å². The highest BCUT2D eigenvalue weighted by atomic mass is 32.2. The molecule has 2 rings (SSSR count). The third-order valence-corrected chi connectivity index (χ3v) is 6.20. The number of anilines is 1. The molecule has 5 nitrogen and oxygen atoms in total. The van der Waals surface area contributed by atoms with Crippen molar-refractivity contribution in [1.82, 2.24) is 0 Å². The maximum absolute atomic E-state index is 12.6. The number of hydrogen-bond acceptors (Lipinski definition) is 4. The Kier molecular flexibility index (Phi) is 7.02. The number of rotatable bonds is 8. The zero-order chi connectivity index (χ0) is 20.0. The van der Waals surface area contributed by atoms with E-state index in [-0.39, 0.29) is 22.7 Å². The Morgan fingerprint density at radius 3 is 2.30 bits per heavy atom. The van der Waals surface area contributed by atoms with Crippen molar-refractivity contribution in [3.63, 3.8) is 0 Å². The maximum atomic E-state index is 12.6. The minimum atomic E-state index is -3.65. The van der Waals surface area contributed by atoms with Crippen LogP contribution in [0, 0.1) is 12.8 Å². The lowest BCUT2D eigenvalue weighted by Gasteiger charge is -2.18. The number of carbonyl (C=O) groups excluding carboxylic acids is 1. The summed E-state index contributed by atoms with van der Waals surface area (Å²) >= 11 is 0. The average Bonchev–Trinajstić information content (AvgIpc) is 2.67. The first-order valence-electron chi connectivity index (χ1n) is 9.04. The van der Waals surface area contributed by atoms with Crippen LogP contribution in [0.1, 0.15) is 43.7 Å². The molecule has 2 atom stereocenters. The molecule has 0 saturated heterocycles. The van der Waals surface area contributed by atoms with Crippen LogP contribution in [0.5, 0.6) is 0 Å². The van der Waals surface area contributed by atoms with Crippen LogP contribution < -0.4 is 4.72 Å². The summed E-state index contributed by atoms with van der Waals surface area (Å²) in [5, 5.41) is 0. The molecule has 2 aromatic carbocycles. The number of aryl methyl sites for hydroxylation is 1. The molecule has 0 radical (unpaired) electrons. The van der Waals surface area contributed by atoms with Crippen molar-refractivity contribution in [3.8, 4) is 0 Å². The molecule has 27 heavy (non-hydrogen) atoms. The van der Waals surface area contributed by atoms with Crippen LogP contribution in [-0.2, 0) is 19.6 Å².